The van der Waals surface area contributed by atoms with Crippen molar-refractivity contribution in [2.75, 3.05) is 7.11 Å². The average molecular weight is 295 g/mol. The summed E-state index contributed by atoms with van der Waals surface area (Å²) in [6, 6.07) is 0. The topological polar surface area (TPSA) is 39.2 Å². The second kappa shape index (κ2) is 5.57. The number of thiazole rings is 1. The molecular formula is C16H25NO2S. The van der Waals surface area contributed by atoms with Crippen molar-refractivity contribution < 1.29 is 9.53 Å². The van der Waals surface area contributed by atoms with Gasteiger partial charge >= 0.3 is 0 Å². The SMILES string of the molecule is COC1(C(=O)Cc2nc(C)c(C)s2)CCC(C)(C)CC1. The average Bonchev–Trinajstić information content (AvgIpc) is 2.69. The standard InChI is InChI=1S/C16H25NO2S/c1-11-12(2)20-14(17-11)10-13(18)16(19-5)8-6-15(3,4)7-9-16/h6-10H2,1-5H3. The zero-order chi connectivity index (χ0) is 15.0. The Bertz CT molecular complexity index is 475. The Labute approximate surface area is 125 Å². The molecule has 1 aliphatic rings. The van der Waals surface area contributed by atoms with Gasteiger partial charge in [-0.25, -0.2) is 4.98 Å². The Hall–Kier alpha value is -0.740. The molecule has 1 aliphatic carbocycles. The molecule has 0 aromatic carbocycles. The number of hydrogen-bond donors (Lipinski definition) is 0. The smallest absolute Gasteiger partial charge is 0.171 e. The van der Waals surface area contributed by atoms with Gasteiger partial charge < -0.3 is 4.74 Å². The molecule has 0 saturated heterocycles. The van der Waals surface area contributed by atoms with Crippen molar-refractivity contribution in [3.63, 3.8) is 0 Å². The fourth-order valence-corrected chi connectivity index (χ4v) is 3.77. The predicted octanol–water partition coefficient (Wildman–Crippen LogP) is 3.86. The van der Waals surface area contributed by atoms with E-state index < -0.39 is 5.60 Å². The van der Waals surface area contributed by atoms with Crippen LogP contribution in [0.25, 0.3) is 0 Å². The second-order valence-electron chi connectivity index (χ2n) is 6.71. The minimum Gasteiger partial charge on any atom is -0.370 e. The highest BCUT2D eigenvalue weighted by Gasteiger charge is 2.43. The highest BCUT2D eigenvalue weighted by Crippen LogP contribution is 2.42. The van der Waals surface area contributed by atoms with Gasteiger partial charge in [0.2, 0.25) is 0 Å². The van der Waals surface area contributed by atoms with Crippen LogP contribution in [0.3, 0.4) is 0 Å². The molecule has 0 atom stereocenters. The van der Waals surface area contributed by atoms with Gasteiger partial charge in [-0.3, -0.25) is 4.79 Å². The van der Waals surface area contributed by atoms with Crippen LogP contribution in [0.4, 0.5) is 0 Å². The van der Waals surface area contributed by atoms with E-state index in [1.807, 2.05) is 6.92 Å². The molecule has 1 heterocycles. The van der Waals surface area contributed by atoms with Crippen molar-refractivity contribution in [1.29, 1.82) is 0 Å². The highest BCUT2D eigenvalue weighted by molar-refractivity contribution is 7.11. The molecule has 1 aromatic rings. The molecule has 1 aromatic heterocycles. The van der Waals surface area contributed by atoms with E-state index in [0.29, 0.717) is 11.8 Å². The molecule has 1 saturated carbocycles. The minimum absolute atomic E-state index is 0.198. The molecular weight excluding hydrogens is 270 g/mol. The van der Waals surface area contributed by atoms with Crippen molar-refractivity contribution in [2.45, 2.75) is 65.4 Å². The van der Waals surface area contributed by atoms with Gasteiger partial charge in [-0.2, -0.15) is 0 Å². The molecule has 0 spiro atoms. The second-order valence-corrected chi connectivity index (χ2v) is 8.00. The fraction of sp³-hybridized carbons (Fsp3) is 0.750. The van der Waals surface area contributed by atoms with Crippen molar-refractivity contribution in [1.82, 2.24) is 4.98 Å². The van der Waals surface area contributed by atoms with Crippen molar-refractivity contribution >= 4 is 17.1 Å². The molecule has 0 amide bonds. The molecule has 0 bridgehead atoms. The lowest BCUT2D eigenvalue weighted by Gasteiger charge is -2.41. The van der Waals surface area contributed by atoms with Crippen LogP contribution < -0.4 is 0 Å². The lowest BCUT2D eigenvalue weighted by Crippen LogP contribution is -2.46. The van der Waals surface area contributed by atoms with E-state index >= 15 is 0 Å². The van der Waals surface area contributed by atoms with Crippen molar-refractivity contribution in [3.05, 3.63) is 15.6 Å². The third-order valence-corrected chi connectivity index (χ3v) is 5.77. The predicted molar refractivity (Wildman–Crippen MR) is 82.3 cm³/mol. The summed E-state index contributed by atoms with van der Waals surface area (Å²) in [7, 11) is 1.68. The molecule has 20 heavy (non-hydrogen) atoms. The molecule has 4 heteroatoms. The van der Waals surface area contributed by atoms with Crippen LogP contribution in [0.5, 0.6) is 0 Å². The Morgan fingerprint density at radius 2 is 1.85 bits per heavy atom. The van der Waals surface area contributed by atoms with Crippen molar-refractivity contribution in [3.8, 4) is 0 Å². The monoisotopic (exact) mass is 295 g/mol. The van der Waals surface area contributed by atoms with Gasteiger partial charge in [0.05, 0.1) is 12.1 Å². The third kappa shape index (κ3) is 3.12. The summed E-state index contributed by atoms with van der Waals surface area (Å²) in [5, 5.41) is 0.922. The number of hydrogen-bond acceptors (Lipinski definition) is 4. The third-order valence-electron chi connectivity index (χ3n) is 4.69. The van der Waals surface area contributed by atoms with Gasteiger partial charge in [-0.15, -0.1) is 11.3 Å². The Balaban J connectivity index is 2.10. The van der Waals surface area contributed by atoms with E-state index in [0.717, 1.165) is 36.4 Å². The first-order chi connectivity index (χ1) is 9.28. The maximum absolute atomic E-state index is 12.7. The van der Waals surface area contributed by atoms with Gasteiger partial charge in [-0.05, 0) is 44.9 Å². The Morgan fingerprint density at radius 1 is 1.25 bits per heavy atom. The summed E-state index contributed by atoms with van der Waals surface area (Å²) in [5.41, 5.74) is 0.786. The normalized spacial score (nSPS) is 20.9. The van der Waals surface area contributed by atoms with Crippen LogP contribution in [0.15, 0.2) is 0 Å². The van der Waals surface area contributed by atoms with Crippen LogP contribution in [0.1, 0.15) is 55.1 Å². The van der Waals surface area contributed by atoms with Gasteiger partial charge in [0.1, 0.15) is 10.6 Å². The zero-order valence-corrected chi connectivity index (χ0v) is 14.0. The van der Waals surface area contributed by atoms with E-state index in [1.54, 1.807) is 18.4 Å². The molecule has 0 unspecified atom stereocenters. The zero-order valence-electron chi connectivity index (χ0n) is 13.2. The first-order valence-corrected chi connectivity index (χ1v) is 8.11. The van der Waals surface area contributed by atoms with E-state index in [1.165, 1.54) is 4.88 Å². The number of Topliss-reactive ketones (excluding diaryl/α,β-unsaturated/α-hetero) is 1. The molecule has 1 fully saturated rings. The number of rotatable bonds is 4. The lowest BCUT2D eigenvalue weighted by molar-refractivity contribution is -0.147. The highest BCUT2D eigenvalue weighted by atomic mass is 32.1. The lowest BCUT2D eigenvalue weighted by atomic mass is 9.69. The maximum atomic E-state index is 12.7. The summed E-state index contributed by atoms with van der Waals surface area (Å²) in [4.78, 5) is 18.4. The largest absolute Gasteiger partial charge is 0.370 e. The van der Waals surface area contributed by atoms with E-state index in [2.05, 4.69) is 25.8 Å². The number of nitrogens with zero attached hydrogens (tertiary/aromatic N) is 1. The number of aromatic nitrogens is 1. The summed E-state index contributed by atoms with van der Waals surface area (Å²) < 4.78 is 5.67. The number of carbonyl (C=O) groups is 1. The van der Waals surface area contributed by atoms with Gasteiger partial charge in [-0.1, -0.05) is 13.8 Å². The first kappa shape index (κ1) is 15.6. The maximum Gasteiger partial charge on any atom is 0.171 e. The molecule has 0 aliphatic heterocycles. The van der Waals surface area contributed by atoms with E-state index in [4.69, 9.17) is 4.74 Å². The summed E-state index contributed by atoms with van der Waals surface area (Å²) >= 11 is 1.63. The number of ether oxygens (including phenoxy) is 1. The van der Waals surface area contributed by atoms with Crippen LogP contribution in [0.2, 0.25) is 0 Å². The Kier molecular flexibility index (Phi) is 4.35. The summed E-state index contributed by atoms with van der Waals surface area (Å²) in [6.07, 6.45) is 4.16. The van der Waals surface area contributed by atoms with Crippen molar-refractivity contribution in [2.24, 2.45) is 5.41 Å². The number of methoxy groups -OCH3 is 1. The van der Waals surface area contributed by atoms with E-state index in [-0.39, 0.29) is 5.78 Å². The minimum atomic E-state index is -0.580. The first-order valence-electron chi connectivity index (χ1n) is 7.29. The summed E-state index contributed by atoms with van der Waals surface area (Å²) in [6.45, 7) is 8.58. The molecule has 2 rings (SSSR count). The number of aryl methyl sites for hydroxylation is 2. The van der Waals surface area contributed by atoms with E-state index in [9.17, 15) is 4.79 Å². The number of ketones is 1. The van der Waals surface area contributed by atoms with Crippen LogP contribution >= 0.6 is 11.3 Å². The van der Waals surface area contributed by atoms with Gasteiger partial charge in [0, 0.05) is 12.0 Å². The molecule has 0 radical (unpaired) electrons. The number of carbonyl (C=O) groups excluding carboxylic acids is 1. The molecule has 0 N–H and O–H groups in total. The Morgan fingerprint density at radius 3 is 2.30 bits per heavy atom. The van der Waals surface area contributed by atoms with Crippen LogP contribution in [-0.4, -0.2) is 23.5 Å². The van der Waals surface area contributed by atoms with Gasteiger partial charge in [0.15, 0.2) is 5.78 Å². The van der Waals surface area contributed by atoms with Gasteiger partial charge in [0.25, 0.3) is 0 Å². The van der Waals surface area contributed by atoms with Crippen LogP contribution in [-0.2, 0) is 16.0 Å². The molecule has 112 valence electrons. The quantitative estimate of drug-likeness (QED) is 0.846. The summed E-state index contributed by atoms with van der Waals surface area (Å²) in [5.74, 6) is 0.198. The van der Waals surface area contributed by atoms with Crippen LogP contribution in [0, 0.1) is 19.3 Å². The fourth-order valence-electron chi connectivity index (χ4n) is 2.84. The molecule has 3 nitrogen and oxygen atoms in total.